The molecule has 14 aromatic rings. The van der Waals surface area contributed by atoms with Crippen LogP contribution in [0.1, 0.15) is 166 Å². The van der Waals surface area contributed by atoms with Crippen molar-refractivity contribution in [3.63, 3.8) is 0 Å². The number of aliphatic hydroxyl groups excluding tert-OH is 6. The van der Waals surface area contributed by atoms with Crippen molar-refractivity contribution in [2.45, 2.75) is 125 Å². The van der Waals surface area contributed by atoms with Crippen molar-refractivity contribution < 1.29 is 328 Å². The van der Waals surface area contributed by atoms with E-state index in [2.05, 4.69) is 73.7 Å². The van der Waals surface area contributed by atoms with Gasteiger partial charge in [-0.1, -0.05) is 24.3 Å². The maximum atomic E-state index is 11.1. The second-order valence-corrected chi connectivity index (χ2v) is 27.8. The van der Waals surface area contributed by atoms with Crippen LogP contribution in [0.3, 0.4) is 0 Å². The number of aromatic nitrogens is 12. The van der Waals surface area contributed by atoms with E-state index in [0.717, 1.165) is 22.5 Å². The van der Waals surface area contributed by atoms with Gasteiger partial charge in [-0.25, -0.2) is 0 Å². The van der Waals surface area contributed by atoms with Gasteiger partial charge in [0.2, 0.25) is 0 Å². The van der Waals surface area contributed by atoms with Gasteiger partial charge in [0.25, 0.3) is 0 Å². The van der Waals surface area contributed by atoms with Gasteiger partial charge in [0.15, 0.2) is 0 Å². The van der Waals surface area contributed by atoms with E-state index in [0.29, 0.717) is 85.6 Å². The van der Waals surface area contributed by atoms with E-state index >= 15 is 0 Å². The first-order valence-electron chi connectivity index (χ1n) is 37.9. The molecule has 134 heavy (non-hydrogen) atoms. The largest absolute Gasteiger partial charge is 1.00 e. The molecule has 0 amide bonds. The quantitative estimate of drug-likeness (QED) is 0.0343. The van der Waals surface area contributed by atoms with Gasteiger partial charge >= 0.3 is 148 Å². The van der Waals surface area contributed by atoms with Crippen LogP contribution in [-0.4, -0.2) is 175 Å². The molecule has 43 heteroatoms. The van der Waals surface area contributed by atoms with Crippen LogP contribution in [-0.2, 0) is 58.4 Å². The molecule has 14 rings (SSSR count). The molecule has 0 fully saturated rings. The number of aromatic carboxylic acids is 8. The molecule has 0 radical (unpaired) electrons. The van der Waals surface area contributed by atoms with Crippen LogP contribution in [0.5, 0.6) is 0 Å². The average molecular weight is 2150 g/mol. The number of pyridine rings is 12. The van der Waals surface area contributed by atoms with Gasteiger partial charge in [-0.05, 0) is 232 Å². The van der Waals surface area contributed by atoms with Crippen LogP contribution in [0.4, 0.5) is 0 Å². The summed E-state index contributed by atoms with van der Waals surface area (Å²) in [4.78, 5) is 136. The second kappa shape index (κ2) is 67.3. The summed E-state index contributed by atoms with van der Waals surface area (Å²) in [6, 6.07) is 37.5. The molecule has 0 saturated carbocycles. The Hall–Kier alpha value is -8.04. The maximum absolute atomic E-state index is 11.1. The number of nitrogens with zero attached hydrogens (tertiary/aromatic N) is 12. The minimum absolute atomic E-state index is 0. The first-order valence-corrected chi connectivity index (χ1v) is 37.9. The van der Waals surface area contributed by atoms with Crippen molar-refractivity contribution in [2.75, 3.05) is 0 Å². The molecule has 0 aliphatic carbocycles. The Morgan fingerprint density at radius 3 is 0.500 bits per heavy atom. The zero-order valence-electron chi connectivity index (χ0n) is 75.4. The van der Waals surface area contributed by atoms with E-state index in [9.17, 15) is 79.2 Å². The van der Waals surface area contributed by atoms with E-state index in [1.807, 2.05) is 74.8 Å². The number of rotatable bonds is 18. The second-order valence-electron chi connectivity index (χ2n) is 27.8. The van der Waals surface area contributed by atoms with Crippen LogP contribution in [0.25, 0.3) is 89.2 Å². The number of carboxylic acid groups (broad SMARTS) is 8. The number of carboxylic acids is 8. The summed E-state index contributed by atoms with van der Waals surface area (Å²) < 4.78 is 0. The molecule has 12 aromatic heterocycles. The van der Waals surface area contributed by atoms with Gasteiger partial charge < -0.3 is 122 Å². The van der Waals surface area contributed by atoms with E-state index in [-0.39, 0.29) is 311 Å². The Kier molecular flexibility index (Phi) is 66.4. The molecule has 0 aliphatic heterocycles. The van der Waals surface area contributed by atoms with Crippen LogP contribution < -0.4 is 201 Å². The zero-order chi connectivity index (χ0) is 92.3. The fourth-order valence-electron chi connectivity index (χ4n) is 11.3. The molecule has 12 heterocycles. The van der Waals surface area contributed by atoms with E-state index < -0.39 is 47.8 Å². The first kappa shape index (κ1) is 132. The molecule has 34 nitrogen and oxygen atoms in total. The van der Waals surface area contributed by atoms with Gasteiger partial charge in [0.05, 0.1) is 152 Å². The normalized spacial score (nSPS) is 11.0. The Labute approximate surface area is 925 Å². The SMILES string of the molecule is CC(O)CC(C)O.CC(O)CC(C)O.CC(O)CC(C)O.Cc1ccnc(-c2cc(C(=O)[O-])ccn2)c1.Cc1ccnc(-c2cc(C(=O)[O-])ccn2)c1.Cc1ccnc(-c2cc(C)ccn2)c1.O=C([O-])c1ccnc(-c2cc(C(=O)[O-])ccn2)c1.O=C([O-])c1ccnc2c1ccc1c(C(=O)[O-])ccnc12.O=C([O-])c1ccnc2c1ccc1c(C(=O)[O-])ccnc12.[Cl-].[Na+].[Na+].[Na+].[Na+].[Na+].[Ru].[Ru].[Ru]. The molecular formula is C91H84ClN12Na5O22Ru3-4. The van der Waals surface area contributed by atoms with Gasteiger partial charge in [-0.2, -0.15) is 0 Å². The van der Waals surface area contributed by atoms with Crippen LogP contribution >= 0.6 is 0 Å². The summed E-state index contributed by atoms with van der Waals surface area (Å²) in [5.74, 6) is -10.4. The Balaban J connectivity index is -0.000000718. The predicted octanol–water partition coefficient (Wildman–Crippen LogP) is -15.3. The third kappa shape index (κ3) is 44.2. The predicted molar refractivity (Wildman–Crippen MR) is 441 cm³/mol. The number of aryl methyl sites for hydroxylation is 4. The number of hydrogen-bond donors (Lipinski definition) is 6. The molecule has 6 N–H and O–H groups in total. The number of benzene rings is 2. The summed E-state index contributed by atoms with van der Waals surface area (Å²) in [7, 11) is 0. The Morgan fingerprint density at radius 2 is 0.373 bits per heavy atom. The standard InChI is InChI=1S/2C14H8N2O4.C12H8N2O4.2C12H10N2O2.C12H12N2.3C5H12O2.ClH.5Na.3Ru/c2*17-13(18)9-3-5-15-11-7(9)1-2-8-10(14(19)20)4-6-16-12(8)11;15-11(16)7-1-3-13-9(5-7)10-6-8(12(17)18)2-4-14-10;2*1-8-2-4-13-10(6-8)11-7-9(12(15)16)3-5-14-11;1-9-3-5-13-11(7-9)12-8-10(2)4-6-14-12;3*1-4(6)3-5(2)7;;;;;;;;;/h2*1-6H,(H,17,18)(H,19,20);1-6H,(H,15,16)(H,17,18);2*2-7H,1H3,(H,15,16);3-8H,1-2H3;3*4-7H,3H2,1-2H3;1H;;;;;;;;/q;;;;;;;;;;5*+1;;;/p-9. The van der Waals surface area contributed by atoms with Gasteiger partial charge in [-0.3, -0.25) is 59.8 Å². The van der Waals surface area contributed by atoms with Crippen LogP contribution in [0, 0.1) is 27.7 Å². The fourth-order valence-corrected chi connectivity index (χ4v) is 11.3. The summed E-state index contributed by atoms with van der Waals surface area (Å²) in [6.45, 7) is 17.9. The molecule has 680 valence electrons. The van der Waals surface area contributed by atoms with E-state index in [4.69, 9.17) is 30.6 Å². The van der Waals surface area contributed by atoms with Gasteiger partial charge in [-0.15, -0.1) is 0 Å². The third-order valence-corrected chi connectivity index (χ3v) is 16.9. The van der Waals surface area contributed by atoms with Gasteiger partial charge in [0, 0.05) is 199 Å². The molecule has 0 aliphatic rings. The molecular weight excluding hydrogens is 2070 g/mol. The fraction of sp³-hybridized carbons (Fsp3) is 0.209. The van der Waals surface area contributed by atoms with Crippen molar-refractivity contribution in [3.05, 3.63) is 287 Å². The number of aliphatic hydroxyl groups is 6. The van der Waals surface area contributed by atoms with Crippen molar-refractivity contribution in [3.8, 4) is 45.6 Å². The van der Waals surface area contributed by atoms with Crippen molar-refractivity contribution in [2.24, 2.45) is 0 Å². The molecule has 6 atom stereocenters. The number of carbonyl (C=O) groups is 8. The smallest absolute Gasteiger partial charge is 1.00 e. The number of hydrogen-bond acceptors (Lipinski definition) is 34. The Bertz CT molecular complexity index is 5610. The number of halogens is 1. The minimum Gasteiger partial charge on any atom is -1.00 e. The minimum atomic E-state index is -1.34. The summed E-state index contributed by atoms with van der Waals surface area (Å²) in [6.07, 6.45) is 16.8. The first-order chi connectivity index (χ1) is 59.2. The van der Waals surface area contributed by atoms with E-state index in [1.165, 1.54) is 158 Å². The monoisotopic (exact) mass is 2150 g/mol. The molecule has 0 saturated heterocycles. The topological polar surface area (TPSA) is 597 Å². The van der Waals surface area contributed by atoms with Crippen LogP contribution in [0.15, 0.2) is 220 Å². The molecule has 2 aromatic carbocycles. The summed E-state index contributed by atoms with van der Waals surface area (Å²) in [5.41, 5.74) is 10.5. The van der Waals surface area contributed by atoms with Crippen molar-refractivity contribution in [1.82, 2.24) is 59.8 Å². The number of carbonyl (C=O) groups excluding carboxylic acids is 8. The third-order valence-electron chi connectivity index (χ3n) is 16.9. The van der Waals surface area contributed by atoms with Crippen LogP contribution in [0.2, 0.25) is 0 Å². The summed E-state index contributed by atoms with van der Waals surface area (Å²) in [5, 5.41) is 140. The maximum Gasteiger partial charge on any atom is 1.00 e. The van der Waals surface area contributed by atoms with Gasteiger partial charge in [0.1, 0.15) is 0 Å². The number of fused-ring (bicyclic) bond motifs is 6. The van der Waals surface area contributed by atoms with Crippen molar-refractivity contribution >= 4 is 91.4 Å². The molecule has 0 bridgehead atoms. The Morgan fingerprint density at radius 1 is 0.231 bits per heavy atom. The molecule has 0 spiro atoms. The van der Waals surface area contributed by atoms with E-state index in [1.54, 1.807) is 53.9 Å². The molecule has 6 unspecified atom stereocenters. The summed E-state index contributed by atoms with van der Waals surface area (Å²) >= 11 is 0. The zero-order valence-corrected chi connectivity index (χ0v) is 91.4. The average Bonchev–Trinajstić information content (AvgIpc) is 0.767. The van der Waals surface area contributed by atoms with Crippen molar-refractivity contribution in [1.29, 1.82) is 0 Å².